The summed E-state index contributed by atoms with van der Waals surface area (Å²) in [5.74, 6) is 0.446. The van der Waals surface area contributed by atoms with Crippen LogP contribution in [-0.4, -0.2) is 49.7 Å². The number of phenolic OH excluding ortho intramolecular Hbond substituents is 1. The van der Waals surface area contributed by atoms with E-state index >= 15 is 0 Å². The zero-order valence-corrected chi connectivity index (χ0v) is 16.7. The van der Waals surface area contributed by atoms with Crippen molar-refractivity contribution < 1.29 is 32.8 Å². The zero-order valence-electron chi connectivity index (χ0n) is 15.9. The van der Waals surface area contributed by atoms with E-state index in [1.165, 1.54) is 38.6 Å². The maximum atomic E-state index is 10.5. The minimum absolute atomic E-state index is 0.0666. The Balaban J connectivity index is 0.000000326. The molecular formula is C17H22N4O7S. The van der Waals surface area contributed by atoms with Crippen LogP contribution in [0.25, 0.3) is 0 Å². The maximum Gasteiger partial charge on any atom is 0.294 e. The van der Waals surface area contributed by atoms with Crippen LogP contribution < -0.4 is 20.7 Å². The number of nitrogens with two attached hydrogens (primary N) is 1. The Kier molecular flexibility index (Phi) is 8.86. The third-order valence-corrected chi connectivity index (χ3v) is 4.20. The molecule has 0 aromatic heterocycles. The third kappa shape index (κ3) is 7.65. The molecule has 29 heavy (non-hydrogen) atoms. The van der Waals surface area contributed by atoms with Crippen molar-refractivity contribution in [3.05, 3.63) is 47.5 Å². The summed E-state index contributed by atoms with van der Waals surface area (Å²) in [5.41, 5.74) is 8.03. The van der Waals surface area contributed by atoms with Crippen molar-refractivity contribution >= 4 is 22.3 Å². The lowest BCUT2D eigenvalue weighted by Crippen LogP contribution is -2.27. The second-order valence-electron chi connectivity index (χ2n) is 5.39. The summed E-state index contributed by atoms with van der Waals surface area (Å²) in [6.07, 6.45) is 1.23. The molecule has 2 rings (SSSR count). The lowest BCUT2D eigenvalue weighted by molar-refractivity contribution is 0.232. The quantitative estimate of drug-likeness (QED) is 0.204. The molecule has 11 nitrogen and oxygen atoms in total. The number of methoxy groups -OCH3 is 2. The van der Waals surface area contributed by atoms with Crippen LogP contribution in [0.2, 0.25) is 0 Å². The minimum Gasteiger partial charge on any atom is -0.507 e. The first kappa shape index (κ1) is 23.7. The fraction of sp³-hybridized carbons (Fsp3) is 0.176. The summed E-state index contributed by atoms with van der Waals surface area (Å²) in [7, 11) is -1.10. The van der Waals surface area contributed by atoms with Crippen molar-refractivity contribution in [2.24, 2.45) is 15.9 Å². The molecule has 0 saturated carbocycles. The van der Waals surface area contributed by atoms with Gasteiger partial charge in [-0.1, -0.05) is 17.7 Å². The van der Waals surface area contributed by atoms with E-state index in [1.54, 1.807) is 23.7 Å². The maximum absolute atomic E-state index is 10.5. The van der Waals surface area contributed by atoms with E-state index < -0.39 is 10.1 Å². The Morgan fingerprint density at radius 3 is 2.28 bits per heavy atom. The van der Waals surface area contributed by atoms with Crippen molar-refractivity contribution in [2.75, 3.05) is 14.2 Å². The molecule has 0 spiro atoms. The highest BCUT2D eigenvalue weighted by Gasteiger charge is 2.09. The normalized spacial score (nSPS) is 11.6. The highest BCUT2D eigenvalue weighted by Crippen LogP contribution is 2.31. The Hall–Kier alpha value is -3.35. The molecule has 0 bridgehead atoms. The van der Waals surface area contributed by atoms with Crippen LogP contribution in [-0.2, 0) is 10.1 Å². The molecule has 0 saturated heterocycles. The Morgan fingerprint density at radius 1 is 1.17 bits per heavy atom. The standard InChI is InChI=1S/C10H14N4O4.C7H8O3S/c1-17-6-3-8(15)7(9(4-6)18-2)5-12-13-10(11)14-16;1-6-2-4-7(5-3-6)11(8,9)10/h3-5,15-16H,1-2H3,(H3,11,13,14);2-5H,1H3,(H,8,9,10). The van der Waals surface area contributed by atoms with Gasteiger partial charge in [0.25, 0.3) is 10.1 Å². The highest BCUT2D eigenvalue weighted by atomic mass is 32.2. The van der Waals surface area contributed by atoms with Gasteiger partial charge in [0.1, 0.15) is 17.2 Å². The van der Waals surface area contributed by atoms with Gasteiger partial charge in [0.2, 0.25) is 5.96 Å². The molecule has 0 radical (unpaired) electrons. The number of phenols is 1. The number of hydroxylamine groups is 1. The largest absolute Gasteiger partial charge is 0.507 e. The lowest BCUT2D eigenvalue weighted by Gasteiger charge is -2.08. The predicted molar refractivity (Wildman–Crippen MR) is 106 cm³/mol. The van der Waals surface area contributed by atoms with Crippen molar-refractivity contribution in [1.29, 1.82) is 0 Å². The van der Waals surface area contributed by atoms with E-state index in [0.29, 0.717) is 17.1 Å². The first-order valence-corrected chi connectivity index (χ1v) is 9.32. The van der Waals surface area contributed by atoms with Crippen molar-refractivity contribution in [3.63, 3.8) is 0 Å². The molecule has 0 aliphatic rings. The number of nitrogens with zero attached hydrogens (tertiary/aromatic N) is 2. The van der Waals surface area contributed by atoms with Crippen LogP contribution >= 0.6 is 0 Å². The number of nitrogens with one attached hydrogen (secondary N) is 1. The number of ether oxygens (including phenoxy) is 2. The third-order valence-electron chi connectivity index (χ3n) is 3.34. The molecule has 2 aromatic rings. The van der Waals surface area contributed by atoms with Crippen LogP contribution in [0.3, 0.4) is 0 Å². The molecule has 6 N–H and O–H groups in total. The molecule has 0 amide bonds. The van der Waals surface area contributed by atoms with Crippen LogP contribution in [0.5, 0.6) is 17.2 Å². The number of hydrogen-bond acceptors (Lipinski definition) is 8. The number of hydrogen-bond donors (Lipinski definition) is 5. The van der Waals surface area contributed by atoms with E-state index in [2.05, 4.69) is 10.2 Å². The van der Waals surface area contributed by atoms with Gasteiger partial charge in [-0.15, -0.1) is 5.10 Å². The minimum atomic E-state index is -4.02. The van der Waals surface area contributed by atoms with Gasteiger partial charge in [-0.25, -0.2) is 5.48 Å². The number of benzene rings is 2. The Labute approximate surface area is 167 Å². The van der Waals surface area contributed by atoms with Crippen molar-refractivity contribution in [2.45, 2.75) is 11.8 Å². The smallest absolute Gasteiger partial charge is 0.294 e. The Morgan fingerprint density at radius 2 is 1.79 bits per heavy atom. The van der Waals surface area contributed by atoms with Crippen LogP contribution in [0.15, 0.2) is 51.5 Å². The summed E-state index contributed by atoms with van der Waals surface area (Å²) in [4.78, 5) is -0.0666. The van der Waals surface area contributed by atoms with E-state index in [1.807, 2.05) is 6.92 Å². The van der Waals surface area contributed by atoms with Crippen LogP contribution in [0, 0.1) is 6.92 Å². The van der Waals surface area contributed by atoms with Crippen molar-refractivity contribution in [1.82, 2.24) is 5.48 Å². The molecule has 0 aliphatic carbocycles. The molecule has 2 aromatic carbocycles. The van der Waals surface area contributed by atoms with E-state index in [9.17, 15) is 13.5 Å². The average molecular weight is 426 g/mol. The molecule has 0 unspecified atom stereocenters. The van der Waals surface area contributed by atoms with Gasteiger partial charge in [0, 0.05) is 12.1 Å². The molecule has 158 valence electrons. The molecule has 0 atom stereocenters. The fourth-order valence-electron chi connectivity index (χ4n) is 1.89. The van der Waals surface area contributed by atoms with Gasteiger partial charge in [-0.05, 0) is 19.1 Å². The van der Waals surface area contributed by atoms with E-state index in [0.717, 1.165) is 5.56 Å². The second-order valence-corrected chi connectivity index (χ2v) is 6.81. The van der Waals surface area contributed by atoms with Crippen LogP contribution in [0.1, 0.15) is 11.1 Å². The summed E-state index contributed by atoms with van der Waals surface area (Å²) < 4.78 is 39.6. The van der Waals surface area contributed by atoms with Gasteiger partial charge < -0.3 is 20.3 Å². The van der Waals surface area contributed by atoms with Crippen LogP contribution in [0.4, 0.5) is 0 Å². The van der Waals surface area contributed by atoms with Gasteiger partial charge in [-0.2, -0.15) is 13.5 Å². The topological polar surface area (TPSA) is 176 Å². The highest BCUT2D eigenvalue weighted by molar-refractivity contribution is 7.85. The first-order valence-electron chi connectivity index (χ1n) is 7.88. The lowest BCUT2D eigenvalue weighted by atomic mass is 10.2. The summed E-state index contributed by atoms with van der Waals surface area (Å²) in [6.45, 7) is 1.84. The molecule has 12 heteroatoms. The van der Waals surface area contributed by atoms with Gasteiger partial charge in [-0.3, -0.25) is 9.76 Å². The Bertz CT molecular complexity index is 974. The van der Waals surface area contributed by atoms with Gasteiger partial charge in [0.15, 0.2) is 0 Å². The molecule has 0 aliphatic heterocycles. The van der Waals surface area contributed by atoms with E-state index in [4.69, 9.17) is 25.0 Å². The number of aryl methyl sites for hydroxylation is 1. The van der Waals surface area contributed by atoms with Crippen molar-refractivity contribution in [3.8, 4) is 17.2 Å². The molecule has 0 heterocycles. The second kappa shape index (κ2) is 10.8. The number of rotatable bonds is 5. The molecule has 0 fully saturated rings. The molecular weight excluding hydrogens is 404 g/mol. The number of aromatic hydroxyl groups is 1. The first-order chi connectivity index (χ1) is 13.6. The predicted octanol–water partition coefficient (Wildman–Crippen LogP) is 1.28. The zero-order chi connectivity index (χ0) is 22.0. The summed E-state index contributed by atoms with van der Waals surface area (Å²) in [6, 6.07) is 8.97. The van der Waals surface area contributed by atoms with Gasteiger partial charge >= 0.3 is 0 Å². The summed E-state index contributed by atoms with van der Waals surface area (Å²) >= 11 is 0. The fourth-order valence-corrected chi connectivity index (χ4v) is 2.37. The number of guanidine groups is 1. The average Bonchev–Trinajstić information content (AvgIpc) is 2.68. The summed E-state index contributed by atoms with van der Waals surface area (Å²) in [5, 5.41) is 25.1. The van der Waals surface area contributed by atoms with Gasteiger partial charge in [0.05, 0.1) is 30.9 Å². The van der Waals surface area contributed by atoms with E-state index in [-0.39, 0.29) is 16.6 Å². The SMILES string of the molecule is COc1cc(O)c(C=N/N=C(\N)NO)c(OC)c1.Cc1ccc(S(=O)(=O)O)cc1. The monoisotopic (exact) mass is 426 g/mol.